The molecule has 2 rings (SSSR count). The lowest BCUT2D eigenvalue weighted by Gasteiger charge is -2.35. The van der Waals surface area contributed by atoms with Crippen molar-refractivity contribution in [2.45, 2.75) is 32.7 Å². The summed E-state index contributed by atoms with van der Waals surface area (Å²) in [6.07, 6.45) is 2.76. The lowest BCUT2D eigenvalue weighted by Crippen LogP contribution is -2.47. The molecule has 1 aromatic rings. The largest absolute Gasteiger partial charge is 0.497 e. The summed E-state index contributed by atoms with van der Waals surface area (Å²) < 4.78 is 5.13. The van der Waals surface area contributed by atoms with E-state index >= 15 is 0 Å². The van der Waals surface area contributed by atoms with Gasteiger partial charge in [-0.25, -0.2) is 0 Å². The van der Waals surface area contributed by atoms with Crippen molar-refractivity contribution >= 4 is 5.91 Å². The summed E-state index contributed by atoms with van der Waals surface area (Å²) in [5, 5.41) is 6.41. The van der Waals surface area contributed by atoms with Crippen molar-refractivity contribution in [1.29, 1.82) is 0 Å². The van der Waals surface area contributed by atoms with Gasteiger partial charge in [-0.15, -0.1) is 0 Å². The zero-order chi connectivity index (χ0) is 14.4. The van der Waals surface area contributed by atoms with Crippen LogP contribution in [0, 0.1) is 5.41 Å². The third kappa shape index (κ3) is 3.31. The van der Waals surface area contributed by atoms with Crippen molar-refractivity contribution < 1.29 is 9.53 Å². The zero-order valence-corrected chi connectivity index (χ0v) is 12.4. The summed E-state index contributed by atoms with van der Waals surface area (Å²) in [6.45, 7) is 4.56. The number of hydrogen-bond acceptors (Lipinski definition) is 3. The molecule has 1 aliphatic rings. The highest BCUT2D eigenvalue weighted by Crippen LogP contribution is 2.32. The molecule has 0 bridgehead atoms. The Morgan fingerprint density at radius 2 is 1.95 bits per heavy atom. The molecule has 1 saturated heterocycles. The van der Waals surface area contributed by atoms with E-state index in [4.69, 9.17) is 4.74 Å². The fourth-order valence-corrected chi connectivity index (χ4v) is 2.76. The fourth-order valence-electron chi connectivity index (χ4n) is 2.76. The summed E-state index contributed by atoms with van der Waals surface area (Å²) in [5.41, 5.74) is 0.914. The third-order valence-corrected chi connectivity index (χ3v) is 4.33. The van der Waals surface area contributed by atoms with Crippen LogP contribution in [-0.2, 0) is 11.3 Å². The molecule has 1 aliphatic heterocycles. The van der Waals surface area contributed by atoms with Gasteiger partial charge in [0.2, 0.25) is 5.91 Å². The minimum atomic E-state index is -0.183. The second kappa shape index (κ2) is 6.75. The molecule has 2 N–H and O–H groups in total. The Labute approximate surface area is 120 Å². The molecule has 4 heteroatoms. The van der Waals surface area contributed by atoms with Crippen LogP contribution < -0.4 is 15.4 Å². The summed E-state index contributed by atoms with van der Waals surface area (Å²) in [6, 6.07) is 7.81. The summed E-state index contributed by atoms with van der Waals surface area (Å²) in [4.78, 5) is 12.5. The monoisotopic (exact) mass is 276 g/mol. The van der Waals surface area contributed by atoms with E-state index in [-0.39, 0.29) is 11.3 Å². The van der Waals surface area contributed by atoms with Crippen LogP contribution in [0.15, 0.2) is 24.3 Å². The average molecular weight is 276 g/mol. The molecular weight excluding hydrogens is 252 g/mol. The maximum atomic E-state index is 12.5. The van der Waals surface area contributed by atoms with Crippen molar-refractivity contribution in [1.82, 2.24) is 10.6 Å². The first-order valence-electron chi connectivity index (χ1n) is 7.32. The molecule has 110 valence electrons. The molecule has 0 atom stereocenters. The zero-order valence-electron chi connectivity index (χ0n) is 12.4. The number of piperidine rings is 1. The van der Waals surface area contributed by atoms with Gasteiger partial charge in [0, 0.05) is 6.54 Å². The van der Waals surface area contributed by atoms with Crippen LogP contribution in [0.1, 0.15) is 31.7 Å². The normalized spacial score (nSPS) is 17.5. The number of ether oxygens (including phenoxy) is 1. The van der Waals surface area contributed by atoms with Crippen molar-refractivity contribution in [3.05, 3.63) is 29.8 Å². The Morgan fingerprint density at radius 3 is 2.50 bits per heavy atom. The molecule has 1 aromatic carbocycles. The summed E-state index contributed by atoms with van der Waals surface area (Å²) >= 11 is 0. The van der Waals surface area contributed by atoms with Gasteiger partial charge in [-0.2, -0.15) is 0 Å². The average Bonchev–Trinajstić information content (AvgIpc) is 2.53. The van der Waals surface area contributed by atoms with Gasteiger partial charge in [0.1, 0.15) is 5.75 Å². The van der Waals surface area contributed by atoms with Gasteiger partial charge >= 0.3 is 0 Å². The summed E-state index contributed by atoms with van der Waals surface area (Å²) in [7, 11) is 1.65. The Kier molecular flexibility index (Phi) is 5.01. The molecule has 0 saturated carbocycles. The Morgan fingerprint density at radius 1 is 1.30 bits per heavy atom. The minimum Gasteiger partial charge on any atom is -0.497 e. The van der Waals surface area contributed by atoms with Gasteiger partial charge in [-0.3, -0.25) is 4.79 Å². The molecule has 20 heavy (non-hydrogen) atoms. The lowest BCUT2D eigenvalue weighted by molar-refractivity contribution is -0.133. The highest BCUT2D eigenvalue weighted by molar-refractivity contribution is 5.82. The standard InChI is InChI=1S/C16H24N2O2/c1-3-16(8-10-17-11-9-16)15(19)18-12-13-4-6-14(20-2)7-5-13/h4-7,17H,3,8-12H2,1-2H3,(H,18,19). The molecule has 1 fully saturated rings. The van der Waals surface area contributed by atoms with E-state index in [1.807, 2.05) is 24.3 Å². The van der Waals surface area contributed by atoms with E-state index < -0.39 is 0 Å². The van der Waals surface area contributed by atoms with Crippen LogP contribution in [0.3, 0.4) is 0 Å². The van der Waals surface area contributed by atoms with E-state index in [0.29, 0.717) is 6.54 Å². The van der Waals surface area contributed by atoms with E-state index in [1.54, 1.807) is 7.11 Å². The van der Waals surface area contributed by atoms with Crippen LogP contribution in [0.2, 0.25) is 0 Å². The van der Waals surface area contributed by atoms with Crippen LogP contribution in [0.25, 0.3) is 0 Å². The minimum absolute atomic E-state index is 0.183. The molecule has 0 radical (unpaired) electrons. The molecule has 0 aliphatic carbocycles. The number of benzene rings is 1. The fraction of sp³-hybridized carbons (Fsp3) is 0.562. The first kappa shape index (κ1) is 14.9. The quantitative estimate of drug-likeness (QED) is 0.866. The first-order chi connectivity index (χ1) is 9.70. The molecule has 1 heterocycles. The highest BCUT2D eigenvalue weighted by atomic mass is 16.5. The van der Waals surface area contributed by atoms with Gasteiger partial charge in [0.05, 0.1) is 12.5 Å². The van der Waals surface area contributed by atoms with Crippen molar-refractivity contribution in [3.63, 3.8) is 0 Å². The first-order valence-corrected chi connectivity index (χ1v) is 7.32. The number of amides is 1. The maximum absolute atomic E-state index is 12.5. The maximum Gasteiger partial charge on any atom is 0.226 e. The van der Waals surface area contributed by atoms with Gasteiger partial charge in [0.15, 0.2) is 0 Å². The second-order valence-corrected chi connectivity index (χ2v) is 5.41. The predicted octanol–water partition coefficient (Wildman–Crippen LogP) is 2.09. The van der Waals surface area contributed by atoms with Crippen LogP contribution >= 0.6 is 0 Å². The van der Waals surface area contributed by atoms with E-state index in [2.05, 4.69) is 17.6 Å². The smallest absolute Gasteiger partial charge is 0.226 e. The lowest BCUT2D eigenvalue weighted by atomic mass is 9.76. The highest BCUT2D eigenvalue weighted by Gasteiger charge is 2.37. The Balaban J connectivity index is 1.93. The van der Waals surface area contributed by atoms with Crippen molar-refractivity contribution in [2.75, 3.05) is 20.2 Å². The van der Waals surface area contributed by atoms with Gasteiger partial charge in [0.25, 0.3) is 0 Å². The predicted molar refractivity (Wildman–Crippen MR) is 79.7 cm³/mol. The number of carbonyl (C=O) groups is 1. The third-order valence-electron chi connectivity index (χ3n) is 4.33. The van der Waals surface area contributed by atoms with Gasteiger partial charge < -0.3 is 15.4 Å². The molecule has 1 amide bonds. The van der Waals surface area contributed by atoms with Gasteiger partial charge in [-0.05, 0) is 50.0 Å². The molecule has 0 unspecified atom stereocenters. The Hall–Kier alpha value is -1.55. The molecule has 0 spiro atoms. The van der Waals surface area contributed by atoms with Crippen LogP contribution in [-0.4, -0.2) is 26.1 Å². The van der Waals surface area contributed by atoms with Gasteiger partial charge in [-0.1, -0.05) is 19.1 Å². The van der Waals surface area contributed by atoms with E-state index in [9.17, 15) is 4.79 Å². The number of carbonyl (C=O) groups excluding carboxylic acids is 1. The van der Waals surface area contributed by atoms with Crippen molar-refractivity contribution in [2.24, 2.45) is 5.41 Å². The second-order valence-electron chi connectivity index (χ2n) is 5.41. The summed E-state index contributed by atoms with van der Waals surface area (Å²) in [5.74, 6) is 1.03. The van der Waals surface area contributed by atoms with E-state index in [1.165, 1.54) is 0 Å². The van der Waals surface area contributed by atoms with Crippen molar-refractivity contribution in [3.8, 4) is 5.75 Å². The molecule has 0 aromatic heterocycles. The molecular formula is C16H24N2O2. The Bertz CT molecular complexity index is 436. The topological polar surface area (TPSA) is 50.4 Å². The number of hydrogen-bond donors (Lipinski definition) is 2. The van der Waals surface area contributed by atoms with Crippen LogP contribution in [0.4, 0.5) is 0 Å². The SMILES string of the molecule is CCC1(C(=O)NCc2ccc(OC)cc2)CCNCC1. The van der Waals surface area contributed by atoms with E-state index in [0.717, 1.165) is 43.7 Å². The van der Waals surface area contributed by atoms with Crippen LogP contribution in [0.5, 0.6) is 5.75 Å². The number of rotatable bonds is 5. The number of nitrogens with one attached hydrogen (secondary N) is 2. The molecule has 4 nitrogen and oxygen atoms in total. The number of methoxy groups -OCH3 is 1.